The third kappa shape index (κ3) is 1.16. The van der Waals surface area contributed by atoms with Gasteiger partial charge in [0.25, 0.3) is 0 Å². The predicted octanol–water partition coefficient (Wildman–Crippen LogP) is 1.16. The van der Waals surface area contributed by atoms with Crippen LogP contribution in [-0.4, -0.2) is 30.2 Å². The van der Waals surface area contributed by atoms with Gasteiger partial charge in [-0.2, -0.15) is 0 Å². The molecule has 0 atom stereocenters. The molecular weight excluding hydrogens is 148 g/mol. The Hall–Kier alpha value is -1.44. The largest absolute Gasteiger partial charge is 0.324 e. The van der Waals surface area contributed by atoms with Crippen molar-refractivity contribution < 1.29 is 4.58 Å². The molecule has 0 aliphatic carbocycles. The molecule has 0 spiro atoms. The molecule has 0 saturated heterocycles. The molecule has 0 fully saturated rings. The van der Waals surface area contributed by atoms with Gasteiger partial charge < -0.3 is 0 Å². The number of hydrogen-bond acceptors (Lipinski definition) is 1. The Balaban J connectivity index is 2.39. The van der Waals surface area contributed by atoms with Gasteiger partial charge in [0.2, 0.25) is 0 Å². The molecule has 2 rings (SSSR count). The number of hydrogen-bond donors (Lipinski definition) is 0. The van der Waals surface area contributed by atoms with Crippen molar-refractivity contribution in [2.24, 2.45) is 4.99 Å². The number of amidine groups is 1. The zero-order valence-corrected chi connectivity index (χ0v) is 7.07. The first-order valence-electron chi connectivity index (χ1n) is 4.04. The highest BCUT2D eigenvalue weighted by molar-refractivity contribution is 5.96. The van der Waals surface area contributed by atoms with E-state index in [1.165, 1.54) is 5.56 Å². The van der Waals surface area contributed by atoms with E-state index in [1.807, 2.05) is 25.2 Å². The molecule has 0 saturated carbocycles. The van der Waals surface area contributed by atoms with Gasteiger partial charge >= 0.3 is 5.84 Å². The van der Waals surface area contributed by atoms with Crippen LogP contribution >= 0.6 is 0 Å². The highest BCUT2D eigenvalue weighted by atomic mass is 15.1. The van der Waals surface area contributed by atoms with Crippen molar-refractivity contribution in [3.63, 3.8) is 0 Å². The molecule has 1 heterocycles. The topological polar surface area (TPSA) is 15.4 Å². The fourth-order valence-electron chi connectivity index (χ4n) is 1.33. The molecule has 60 valence electrons. The first-order chi connectivity index (χ1) is 5.88. The van der Waals surface area contributed by atoms with Gasteiger partial charge in [-0.05, 0) is 12.1 Å². The van der Waals surface area contributed by atoms with Crippen LogP contribution in [0.15, 0.2) is 35.3 Å². The van der Waals surface area contributed by atoms with Crippen LogP contribution in [0.4, 0.5) is 0 Å². The molecule has 0 N–H and O–H groups in total. The van der Waals surface area contributed by atoms with Crippen LogP contribution in [0.1, 0.15) is 5.56 Å². The van der Waals surface area contributed by atoms with Crippen molar-refractivity contribution in [2.45, 2.75) is 0 Å². The third-order valence-corrected chi connectivity index (χ3v) is 1.96. The molecule has 2 heteroatoms. The number of aliphatic imine (C=N–C) groups is 1. The summed E-state index contributed by atoms with van der Waals surface area (Å²) in [4.78, 5) is 4.37. The third-order valence-electron chi connectivity index (χ3n) is 1.96. The van der Waals surface area contributed by atoms with E-state index in [2.05, 4.69) is 27.9 Å². The minimum Gasteiger partial charge on any atom is -0.233 e. The average Bonchev–Trinajstić information content (AvgIpc) is 2.53. The summed E-state index contributed by atoms with van der Waals surface area (Å²) in [6, 6.07) is 10.2. The molecule has 0 amide bonds. The lowest BCUT2D eigenvalue weighted by molar-refractivity contribution is -0.360. The summed E-state index contributed by atoms with van der Waals surface area (Å²) in [5.41, 5.74) is 1.19. The summed E-state index contributed by atoms with van der Waals surface area (Å²) >= 11 is 0. The van der Waals surface area contributed by atoms with Crippen molar-refractivity contribution in [2.75, 3.05) is 13.6 Å². The van der Waals surface area contributed by atoms with Gasteiger partial charge in [-0.25, -0.2) is 4.58 Å². The van der Waals surface area contributed by atoms with Crippen molar-refractivity contribution in [1.82, 2.24) is 0 Å². The fourth-order valence-corrected chi connectivity index (χ4v) is 1.33. The van der Waals surface area contributed by atoms with E-state index in [0.29, 0.717) is 0 Å². The van der Waals surface area contributed by atoms with E-state index in [9.17, 15) is 0 Å². The highest BCUT2D eigenvalue weighted by Gasteiger charge is 2.17. The van der Waals surface area contributed by atoms with Gasteiger partial charge in [0.1, 0.15) is 6.21 Å². The Kier molecular flexibility index (Phi) is 1.74. The molecule has 1 aromatic carbocycles. The van der Waals surface area contributed by atoms with Crippen LogP contribution in [0.5, 0.6) is 0 Å². The van der Waals surface area contributed by atoms with Crippen LogP contribution in [0.25, 0.3) is 0 Å². The monoisotopic (exact) mass is 159 g/mol. The zero-order chi connectivity index (χ0) is 8.39. The summed E-state index contributed by atoms with van der Waals surface area (Å²) in [6.45, 7) is 0.806. The molecule has 0 aromatic heterocycles. The molecule has 0 radical (unpaired) electrons. The maximum absolute atomic E-state index is 4.37. The molecule has 12 heavy (non-hydrogen) atoms. The van der Waals surface area contributed by atoms with Crippen LogP contribution in [-0.2, 0) is 0 Å². The first-order valence-corrected chi connectivity index (χ1v) is 4.04. The second-order valence-corrected chi connectivity index (χ2v) is 2.82. The quantitative estimate of drug-likeness (QED) is 0.546. The SMILES string of the molecule is C[N+]1=CCN=C1c1ccccc1. The average molecular weight is 159 g/mol. The maximum Gasteiger partial charge on any atom is 0.324 e. The molecule has 0 bridgehead atoms. The molecule has 0 unspecified atom stereocenters. The van der Waals surface area contributed by atoms with E-state index < -0.39 is 0 Å². The van der Waals surface area contributed by atoms with Crippen LogP contribution in [0.2, 0.25) is 0 Å². The highest BCUT2D eigenvalue weighted by Crippen LogP contribution is 2.03. The summed E-state index contributed by atoms with van der Waals surface area (Å²) in [7, 11) is 2.03. The first kappa shape index (κ1) is 7.22. The van der Waals surface area contributed by atoms with Crippen molar-refractivity contribution in [1.29, 1.82) is 0 Å². The second-order valence-electron chi connectivity index (χ2n) is 2.82. The Bertz CT molecular complexity index is 336. The summed E-state index contributed by atoms with van der Waals surface area (Å²) in [5.74, 6) is 1.07. The lowest BCUT2D eigenvalue weighted by Crippen LogP contribution is -2.13. The molecule has 1 aliphatic rings. The zero-order valence-electron chi connectivity index (χ0n) is 7.07. The van der Waals surface area contributed by atoms with E-state index in [0.717, 1.165) is 12.4 Å². The normalized spacial score (nSPS) is 15.8. The Morgan fingerprint density at radius 2 is 2.00 bits per heavy atom. The maximum atomic E-state index is 4.37. The van der Waals surface area contributed by atoms with Gasteiger partial charge in [0.05, 0.1) is 12.6 Å². The van der Waals surface area contributed by atoms with Gasteiger partial charge in [0, 0.05) is 0 Å². The standard InChI is InChI=1S/C10H11N2/c1-12-8-7-11-10(12)9-5-3-2-4-6-9/h2-6,8H,7H2,1H3/q+1. The molecular formula is C10H11N2+. The van der Waals surface area contributed by atoms with Gasteiger partial charge in [-0.15, -0.1) is 0 Å². The van der Waals surface area contributed by atoms with E-state index in [1.54, 1.807) is 0 Å². The number of rotatable bonds is 1. The number of benzene rings is 1. The van der Waals surface area contributed by atoms with Gasteiger partial charge in [-0.1, -0.05) is 23.2 Å². The lowest BCUT2D eigenvalue weighted by Gasteiger charge is -1.95. The van der Waals surface area contributed by atoms with E-state index >= 15 is 0 Å². The second kappa shape index (κ2) is 2.89. The van der Waals surface area contributed by atoms with Gasteiger partial charge in [0.15, 0.2) is 6.54 Å². The minimum absolute atomic E-state index is 0.806. The van der Waals surface area contributed by atoms with Crippen molar-refractivity contribution in [3.8, 4) is 0 Å². The van der Waals surface area contributed by atoms with Crippen LogP contribution in [0.3, 0.4) is 0 Å². The summed E-state index contributed by atoms with van der Waals surface area (Å²) in [6.07, 6.45) is 2.07. The molecule has 1 aromatic rings. The molecule has 1 aliphatic heterocycles. The fraction of sp³-hybridized carbons (Fsp3) is 0.200. The predicted molar refractivity (Wildman–Crippen MR) is 50.1 cm³/mol. The lowest BCUT2D eigenvalue weighted by atomic mass is 10.2. The Morgan fingerprint density at radius 1 is 1.25 bits per heavy atom. The van der Waals surface area contributed by atoms with Crippen LogP contribution < -0.4 is 0 Å². The summed E-state index contributed by atoms with van der Waals surface area (Å²) < 4.78 is 2.06. The van der Waals surface area contributed by atoms with E-state index in [4.69, 9.17) is 0 Å². The minimum atomic E-state index is 0.806. The number of nitrogens with zero attached hydrogens (tertiary/aromatic N) is 2. The smallest absolute Gasteiger partial charge is 0.233 e. The van der Waals surface area contributed by atoms with E-state index in [-0.39, 0.29) is 0 Å². The Labute approximate surface area is 71.9 Å². The van der Waals surface area contributed by atoms with Crippen molar-refractivity contribution in [3.05, 3.63) is 35.9 Å². The Morgan fingerprint density at radius 3 is 2.58 bits per heavy atom. The van der Waals surface area contributed by atoms with Gasteiger partial charge in [-0.3, -0.25) is 0 Å². The molecule has 2 nitrogen and oxygen atoms in total. The van der Waals surface area contributed by atoms with Crippen LogP contribution in [0, 0.1) is 0 Å². The summed E-state index contributed by atoms with van der Waals surface area (Å²) in [5, 5.41) is 0. The van der Waals surface area contributed by atoms with Crippen molar-refractivity contribution >= 4 is 12.1 Å².